The predicted molar refractivity (Wildman–Crippen MR) is 122 cm³/mol. The molecule has 0 amide bonds. The van der Waals surface area contributed by atoms with Gasteiger partial charge in [-0.05, 0) is 35.4 Å². The molecule has 2 aromatic carbocycles. The van der Waals surface area contributed by atoms with Crippen LogP contribution >= 0.6 is 69.9 Å². The van der Waals surface area contributed by atoms with Gasteiger partial charge in [0.25, 0.3) is 0 Å². The third kappa shape index (κ3) is 6.25. The highest BCUT2D eigenvalue weighted by atomic mass is 35.5. The highest BCUT2D eigenvalue weighted by Crippen LogP contribution is 2.38. The molecule has 0 aliphatic heterocycles. The predicted octanol–water partition coefficient (Wildman–Crippen LogP) is 7.86. The van der Waals surface area contributed by atoms with Gasteiger partial charge in [0.2, 0.25) is 0 Å². The number of rotatable bonds is 8. The van der Waals surface area contributed by atoms with E-state index in [0.29, 0.717) is 20.1 Å². The van der Waals surface area contributed by atoms with Gasteiger partial charge in [0.05, 0.1) is 6.33 Å². The Kier molecular flexibility index (Phi) is 8.12. The molecule has 0 aliphatic rings. The van der Waals surface area contributed by atoms with Crippen LogP contribution in [0.3, 0.4) is 0 Å². The Hall–Kier alpha value is -0.490. The first-order valence-electron chi connectivity index (χ1n) is 8.07. The standard InChI is InChI=1S/C19H16Cl4N2S2/c20-14-2-1-13(17(22)7-14)10-26-12-27-19(9-25-6-5-24-11-25)16-4-3-15(21)8-18(16)23/h1-8,11,19H,9-10,12H2. The second-order valence-corrected chi connectivity index (χ2v) is 10.0. The lowest BCUT2D eigenvalue weighted by Crippen LogP contribution is -2.06. The van der Waals surface area contributed by atoms with Crippen LogP contribution in [0.5, 0.6) is 0 Å². The molecule has 142 valence electrons. The van der Waals surface area contributed by atoms with Crippen molar-refractivity contribution in [1.82, 2.24) is 9.55 Å². The maximum atomic E-state index is 6.45. The molecule has 0 aliphatic carbocycles. The maximum Gasteiger partial charge on any atom is 0.0946 e. The molecule has 0 spiro atoms. The number of nitrogens with zero attached hydrogens (tertiary/aromatic N) is 2. The second kappa shape index (κ2) is 10.3. The Labute approximate surface area is 187 Å². The van der Waals surface area contributed by atoms with Crippen LogP contribution < -0.4 is 0 Å². The van der Waals surface area contributed by atoms with Crippen molar-refractivity contribution in [3.05, 3.63) is 86.3 Å². The van der Waals surface area contributed by atoms with E-state index >= 15 is 0 Å². The van der Waals surface area contributed by atoms with E-state index in [-0.39, 0.29) is 5.25 Å². The number of thioether (sulfide) groups is 2. The van der Waals surface area contributed by atoms with E-state index in [9.17, 15) is 0 Å². The van der Waals surface area contributed by atoms with Crippen LogP contribution in [0.2, 0.25) is 20.1 Å². The quantitative estimate of drug-likeness (QED) is 0.243. The largest absolute Gasteiger partial charge is 0.336 e. The molecule has 27 heavy (non-hydrogen) atoms. The van der Waals surface area contributed by atoms with E-state index in [1.807, 2.05) is 60.3 Å². The molecule has 0 saturated heterocycles. The Morgan fingerprint density at radius 3 is 2.37 bits per heavy atom. The summed E-state index contributed by atoms with van der Waals surface area (Å²) in [6.45, 7) is 0.786. The minimum atomic E-state index is 0.192. The number of halogens is 4. The Morgan fingerprint density at radius 1 is 0.963 bits per heavy atom. The first-order valence-corrected chi connectivity index (χ1v) is 11.8. The summed E-state index contributed by atoms with van der Waals surface area (Å²) >= 11 is 28.4. The van der Waals surface area contributed by atoms with E-state index < -0.39 is 0 Å². The average Bonchev–Trinajstić information content (AvgIpc) is 3.12. The molecule has 0 bridgehead atoms. The van der Waals surface area contributed by atoms with Gasteiger partial charge in [-0.1, -0.05) is 58.5 Å². The van der Waals surface area contributed by atoms with Crippen LogP contribution in [-0.4, -0.2) is 14.6 Å². The summed E-state index contributed by atoms with van der Waals surface area (Å²) in [5.41, 5.74) is 2.16. The third-order valence-electron chi connectivity index (χ3n) is 3.87. The van der Waals surface area contributed by atoms with Gasteiger partial charge >= 0.3 is 0 Å². The first-order chi connectivity index (χ1) is 13.0. The van der Waals surface area contributed by atoms with Gasteiger partial charge < -0.3 is 4.57 Å². The number of benzene rings is 2. The van der Waals surface area contributed by atoms with Crippen molar-refractivity contribution in [2.24, 2.45) is 0 Å². The minimum Gasteiger partial charge on any atom is -0.336 e. The molecule has 3 aromatic rings. The van der Waals surface area contributed by atoms with Gasteiger partial charge in [0.15, 0.2) is 0 Å². The van der Waals surface area contributed by atoms with Crippen LogP contribution in [-0.2, 0) is 12.3 Å². The monoisotopic (exact) mass is 476 g/mol. The van der Waals surface area contributed by atoms with E-state index in [1.54, 1.807) is 18.3 Å². The molecule has 1 atom stereocenters. The highest BCUT2D eigenvalue weighted by Gasteiger charge is 2.17. The van der Waals surface area contributed by atoms with E-state index in [0.717, 1.165) is 28.5 Å². The molecule has 0 radical (unpaired) electrons. The molecule has 8 heteroatoms. The topological polar surface area (TPSA) is 17.8 Å². The normalized spacial score (nSPS) is 12.3. The van der Waals surface area contributed by atoms with Gasteiger partial charge in [0.1, 0.15) is 0 Å². The molecule has 1 aromatic heterocycles. The summed E-state index contributed by atoms with van der Waals surface area (Å²) in [6.07, 6.45) is 5.55. The van der Waals surface area contributed by atoms with Crippen molar-refractivity contribution in [1.29, 1.82) is 0 Å². The summed E-state index contributed by atoms with van der Waals surface area (Å²) in [7, 11) is 0. The fourth-order valence-electron chi connectivity index (χ4n) is 2.51. The van der Waals surface area contributed by atoms with Crippen LogP contribution in [0.1, 0.15) is 16.4 Å². The third-order valence-corrected chi connectivity index (χ3v) is 7.55. The zero-order valence-electron chi connectivity index (χ0n) is 14.1. The Morgan fingerprint density at radius 2 is 1.70 bits per heavy atom. The summed E-state index contributed by atoms with van der Waals surface area (Å²) in [6, 6.07) is 11.3. The van der Waals surface area contributed by atoms with E-state index in [4.69, 9.17) is 46.4 Å². The number of hydrogen-bond acceptors (Lipinski definition) is 3. The molecular formula is C19H16Cl4N2S2. The molecular weight excluding hydrogens is 462 g/mol. The lowest BCUT2D eigenvalue weighted by molar-refractivity contribution is 0.684. The number of aromatic nitrogens is 2. The van der Waals surface area contributed by atoms with Gasteiger partial charge in [-0.3, -0.25) is 0 Å². The highest BCUT2D eigenvalue weighted by molar-refractivity contribution is 8.15. The summed E-state index contributed by atoms with van der Waals surface area (Å²) in [5.74, 6) is 0.829. The van der Waals surface area contributed by atoms with Gasteiger partial charge in [-0.25, -0.2) is 4.98 Å². The molecule has 0 N–H and O–H groups in total. The first kappa shape index (κ1) is 21.2. The van der Waals surface area contributed by atoms with Crippen molar-refractivity contribution in [2.75, 3.05) is 5.08 Å². The Balaban J connectivity index is 1.64. The molecule has 0 saturated carbocycles. The zero-order chi connectivity index (χ0) is 19.2. The number of hydrogen-bond donors (Lipinski definition) is 0. The van der Waals surface area contributed by atoms with Gasteiger partial charge in [0, 0.05) is 55.1 Å². The smallest absolute Gasteiger partial charge is 0.0946 e. The van der Waals surface area contributed by atoms with E-state index in [2.05, 4.69) is 9.55 Å². The lowest BCUT2D eigenvalue weighted by Gasteiger charge is -2.19. The van der Waals surface area contributed by atoms with Crippen molar-refractivity contribution < 1.29 is 0 Å². The van der Waals surface area contributed by atoms with Crippen LogP contribution in [0.4, 0.5) is 0 Å². The van der Waals surface area contributed by atoms with Crippen molar-refractivity contribution in [3.63, 3.8) is 0 Å². The van der Waals surface area contributed by atoms with Crippen molar-refractivity contribution in [3.8, 4) is 0 Å². The van der Waals surface area contributed by atoms with Gasteiger partial charge in [-0.15, -0.1) is 23.5 Å². The van der Waals surface area contributed by atoms with Crippen LogP contribution in [0.15, 0.2) is 55.1 Å². The lowest BCUT2D eigenvalue weighted by atomic mass is 10.1. The summed E-state index contributed by atoms with van der Waals surface area (Å²) in [4.78, 5) is 4.13. The average molecular weight is 478 g/mol. The summed E-state index contributed by atoms with van der Waals surface area (Å²) in [5, 5.41) is 3.78. The maximum absolute atomic E-state index is 6.45. The van der Waals surface area contributed by atoms with Crippen LogP contribution in [0, 0.1) is 0 Å². The fourth-order valence-corrected chi connectivity index (χ4v) is 6.18. The summed E-state index contributed by atoms with van der Waals surface area (Å²) < 4.78 is 2.06. The molecule has 3 rings (SSSR count). The van der Waals surface area contributed by atoms with Crippen molar-refractivity contribution >= 4 is 69.9 Å². The molecule has 2 nitrogen and oxygen atoms in total. The second-order valence-electron chi connectivity index (χ2n) is 5.78. The van der Waals surface area contributed by atoms with E-state index in [1.165, 1.54) is 0 Å². The van der Waals surface area contributed by atoms with Crippen LogP contribution in [0.25, 0.3) is 0 Å². The molecule has 1 unspecified atom stereocenters. The SMILES string of the molecule is Clc1ccc(CSCSC(Cn2ccnc2)c2ccc(Cl)cc2Cl)c(Cl)c1. The Bertz CT molecular complexity index is 887. The zero-order valence-corrected chi connectivity index (χ0v) is 18.8. The van der Waals surface area contributed by atoms with Gasteiger partial charge in [-0.2, -0.15) is 0 Å². The molecule has 0 fully saturated rings. The van der Waals surface area contributed by atoms with Crippen molar-refractivity contribution in [2.45, 2.75) is 17.5 Å². The molecule has 1 heterocycles. The minimum absolute atomic E-state index is 0.192. The number of imidazole rings is 1. The fraction of sp³-hybridized carbons (Fsp3) is 0.211.